The van der Waals surface area contributed by atoms with Gasteiger partial charge < -0.3 is 4.57 Å². The Morgan fingerprint density at radius 1 is 0.460 bits per heavy atom. The second-order valence-electron chi connectivity index (χ2n) is 18.8. The van der Waals surface area contributed by atoms with Crippen molar-refractivity contribution in [2.24, 2.45) is 5.92 Å². The molecule has 11 aromatic rings. The van der Waals surface area contributed by atoms with Gasteiger partial charge in [0, 0.05) is 38.4 Å². The molecule has 0 aliphatic heterocycles. The van der Waals surface area contributed by atoms with E-state index in [0.717, 1.165) is 43.9 Å². The highest BCUT2D eigenvalue weighted by Gasteiger charge is 2.42. The minimum atomic E-state index is 0.0541. The maximum Gasteiger partial charge on any atom is 0.238 e. The van der Waals surface area contributed by atoms with Crippen molar-refractivity contribution in [2.45, 2.75) is 51.9 Å². The van der Waals surface area contributed by atoms with Gasteiger partial charge in [-0.25, -0.2) is 4.98 Å². The number of hydrogen-bond acceptors (Lipinski definition) is 3. The van der Waals surface area contributed by atoms with Crippen LogP contribution >= 0.6 is 0 Å². The molecule has 1 unspecified atom stereocenters. The SMILES string of the molecule is CC1CC(C)(C)c2ccc(-n3c4ccccc4c4c5c6ccccc6n(-c6nc(-c7ccc(-c8ccccc8)cc7)nc(-c7cccc8ccccc78)n6)c5ccc43)cc2C1(C)C. The van der Waals surface area contributed by atoms with Crippen LogP contribution in [-0.2, 0) is 10.8 Å². The summed E-state index contributed by atoms with van der Waals surface area (Å²) in [7, 11) is 0. The third-order valence-corrected chi connectivity index (χ3v) is 14.3. The van der Waals surface area contributed by atoms with Gasteiger partial charge in [-0.15, -0.1) is 0 Å². The average Bonchev–Trinajstić information content (AvgIpc) is 3.84. The number of benzene rings is 8. The predicted octanol–water partition coefficient (Wildman–Crippen LogP) is 14.8. The van der Waals surface area contributed by atoms with Crippen molar-refractivity contribution in [2.75, 3.05) is 0 Å². The highest BCUT2D eigenvalue weighted by atomic mass is 15.2. The van der Waals surface area contributed by atoms with Crippen LogP contribution in [0.2, 0.25) is 0 Å². The molecule has 0 fully saturated rings. The second-order valence-corrected chi connectivity index (χ2v) is 18.8. The average molecular weight is 814 g/mol. The van der Waals surface area contributed by atoms with Crippen LogP contribution in [0.1, 0.15) is 52.2 Å². The van der Waals surface area contributed by atoms with Crippen molar-refractivity contribution in [1.82, 2.24) is 24.1 Å². The van der Waals surface area contributed by atoms with Gasteiger partial charge in [0.1, 0.15) is 0 Å². The van der Waals surface area contributed by atoms with Gasteiger partial charge in [0.05, 0.1) is 22.1 Å². The molecule has 0 amide bonds. The zero-order valence-electron chi connectivity index (χ0n) is 36.3. The Bertz CT molecular complexity index is 3600. The van der Waals surface area contributed by atoms with Gasteiger partial charge in [-0.3, -0.25) is 4.57 Å². The molecule has 5 heteroatoms. The molecule has 8 aromatic carbocycles. The summed E-state index contributed by atoms with van der Waals surface area (Å²) in [4.78, 5) is 16.0. The minimum absolute atomic E-state index is 0.0541. The van der Waals surface area contributed by atoms with Gasteiger partial charge >= 0.3 is 0 Å². The van der Waals surface area contributed by atoms with E-state index in [1.54, 1.807) is 0 Å². The molecule has 1 atom stereocenters. The molecule has 12 rings (SSSR count). The molecule has 63 heavy (non-hydrogen) atoms. The van der Waals surface area contributed by atoms with Crippen molar-refractivity contribution in [3.05, 3.63) is 187 Å². The van der Waals surface area contributed by atoms with Gasteiger partial charge in [0.15, 0.2) is 11.6 Å². The van der Waals surface area contributed by atoms with Crippen molar-refractivity contribution < 1.29 is 0 Å². The molecular formula is C58H47N5. The fraction of sp³-hybridized carbons (Fsp3) is 0.155. The Morgan fingerprint density at radius 2 is 1.03 bits per heavy atom. The lowest BCUT2D eigenvalue weighted by Gasteiger charge is -2.46. The summed E-state index contributed by atoms with van der Waals surface area (Å²) >= 11 is 0. The molecule has 0 saturated heterocycles. The largest absolute Gasteiger partial charge is 0.309 e. The Hall–Kier alpha value is -7.37. The van der Waals surface area contributed by atoms with Gasteiger partial charge in [0.2, 0.25) is 5.95 Å². The number of fused-ring (bicyclic) bond motifs is 9. The molecule has 0 N–H and O–H groups in total. The lowest BCUT2D eigenvalue weighted by molar-refractivity contribution is 0.233. The summed E-state index contributed by atoms with van der Waals surface area (Å²) < 4.78 is 4.73. The summed E-state index contributed by atoms with van der Waals surface area (Å²) in [5.41, 5.74) is 13.0. The van der Waals surface area contributed by atoms with Crippen LogP contribution in [0.3, 0.4) is 0 Å². The van der Waals surface area contributed by atoms with E-state index >= 15 is 0 Å². The third kappa shape index (κ3) is 5.72. The first-order valence-electron chi connectivity index (χ1n) is 22.2. The molecule has 304 valence electrons. The predicted molar refractivity (Wildman–Crippen MR) is 262 cm³/mol. The molecule has 0 saturated carbocycles. The van der Waals surface area contributed by atoms with E-state index < -0.39 is 0 Å². The Balaban J connectivity index is 1.12. The van der Waals surface area contributed by atoms with Crippen LogP contribution in [-0.4, -0.2) is 24.1 Å². The van der Waals surface area contributed by atoms with E-state index in [1.807, 2.05) is 6.07 Å². The van der Waals surface area contributed by atoms with Crippen molar-refractivity contribution in [3.8, 4) is 45.5 Å². The first-order chi connectivity index (χ1) is 30.7. The molecule has 0 bridgehead atoms. The molecule has 5 nitrogen and oxygen atoms in total. The third-order valence-electron chi connectivity index (χ3n) is 14.3. The van der Waals surface area contributed by atoms with Gasteiger partial charge in [-0.05, 0) is 92.6 Å². The minimum Gasteiger partial charge on any atom is -0.309 e. The summed E-state index contributed by atoms with van der Waals surface area (Å²) in [6, 6.07) is 63.3. The second kappa shape index (κ2) is 13.8. The summed E-state index contributed by atoms with van der Waals surface area (Å²) in [5.74, 6) is 2.40. The molecule has 3 aromatic heterocycles. The fourth-order valence-electron chi connectivity index (χ4n) is 10.8. The summed E-state index contributed by atoms with van der Waals surface area (Å²) in [5, 5.41) is 7.03. The summed E-state index contributed by atoms with van der Waals surface area (Å²) in [6.45, 7) is 12.1. The van der Waals surface area contributed by atoms with E-state index in [9.17, 15) is 0 Å². The van der Waals surface area contributed by atoms with Crippen molar-refractivity contribution in [3.63, 3.8) is 0 Å². The molecule has 1 aliphatic rings. The summed E-state index contributed by atoms with van der Waals surface area (Å²) in [6.07, 6.45) is 1.18. The molecular weight excluding hydrogens is 767 g/mol. The Morgan fingerprint density at radius 3 is 1.76 bits per heavy atom. The molecule has 1 aliphatic carbocycles. The van der Waals surface area contributed by atoms with E-state index in [-0.39, 0.29) is 10.8 Å². The Labute approximate surface area is 367 Å². The normalized spacial score (nSPS) is 15.7. The lowest BCUT2D eigenvalue weighted by Crippen LogP contribution is -2.40. The van der Waals surface area contributed by atoms with Crippen LogP contribution in [0.4, 0.5) is 0 Å². The van der Waals surface area contributed by atoms with Gasteiger partial charge in [-0.1, -0.05) is 174 Å². The highest BCUT2D eigenvalue weighted by molar-refractivity contribution is 6.28. The van der Waals surface area contributed by atoms with E-state index in [0.29, 0.717) is 23.5 Å². The Kier molecular flexibility index (Phi) is 8.20. The van der Waals surface area contributed by atoms with Crippen LogP contribution in [0, 0.1) is 5.92 Å². The van der Waals surface area contributed by atoms with E-state index in [2.05, 4.69) is 214 Å². The van der Waals surface area contributed by atoms with Crippen LogP contribution < -0.4 is 0 Å². The molecule has 3 heterocycles. The maximum absolute atomic E-state index is 5.39. The van der Waals surface area contributed by atoms with E-state index in [1.165, 1.54) is 56.0 Å². The van der Waals surface area contributed by atoms with Gasteiger partial charge in [0.25, 0.3) is 0 Å². The highest BCUT2D eigenvalue weighted by Crippen LogP contribution is 2.50. The fourth-order valence-corrected chi connectivity index (χ4v) is 10.8. The van der Waals surface area contributed by atoms with E-state index in [4.69, 9.17) is 15.0 Å². The first kappa shape index (κ1) is 37.4. The lowest BCUT2D eigenvalue weighted by atomic mass is 9.58. The van der Waals surface area contributed by atoms with Crippen LogP contribution in [0.5, 0.6) is 0 Å². The first-order valence-corrected chi connectivity index (χ1v) is 22.2. The maximum atomic E-state index is 5.39. The smallest absolute Gasteiger partial charge is 0.238 e. The van der Waals surface area contributed by atoms with Crippen molar-refractivity contribution >= 4 is 54.4 Å². The topological polar surface area (TPSA) is 48.5 Å². The molecule has 0 radical (unpaired) electrons. The molecule has 0 spiro atoms. The van der Waals surface area contributed by atoms with Crippen LogP contribution in [0.15, 0.2) is 176 Å². The quantitative estimate of drug-likeness (QED) is 0.174. The number of para-hydroxylation sites is 2. The number of nitrogens with zero attached hydrogens (tertiary/aromatic N) is 5. The zero-order valence-corrected chi connectivity index (χ0v) is 36.3. The standard InChI is InChI=1S/C58H47N5/c1-36-35-57(2,3)46-31-30-41(34-47(46)58(36,4)5)62-48-24-13-11-21-44(48)52-50(62)32-33-51-53(52)45-22-12-14-25-49(45)63(51)56-60-54(40-28-26-38(27-29-40)37-16-7-6-8-17-37)59-55(61-56)43-23-15-19-39-18-9-10-20-42(39)43/h6-34,36H,35H2,1-5H3. The number of hydrogen-bond donors (Lipinski definition) is 0. The van der Waals surface area contributed by atoms with Crippen LogP contribution in [0.25, 0.3) is 99.9 Å². The zero-order chi connectivity index (χ0) is 42.6. The monoisotopic (exact) mass is 813 g/mol. The number of aromatic nitrogens is 5. The number of rotatable bonds is 5. The van der Waals surface area contributed by atoms with Gasteiger partial charge in [-0.2, -0.15) is 9.97 Å². The van der Waals surface area contributed by atoms with Crippen molar-refractivity contribution in [1.29, 1.82) is 0 Å².